The van der Waals surface area contributed by atoms with E-state index >= 15 is 0 Å². The van der Waals surface area contributed by atoms with Crippen LogP contribution < -0.4 is 4.74 Å². The average Bonchev–Trinajstić information content (AvgIpc) is 2.64. The fourth-order valence-electron chi connectivity index (χ4n) is 1.19. The zero-order valence-corrected chi connectivity index (χ0v) is 10.4. The van der Waals surface area contributed by atoms with Gasteiger partial charge in [0.1, 0.15) is 5.78 Å². The topological polar surface area (TPSA) is 59.4 Å². The van der Waals surface area contributed by atoms with E-state index in [0.717, 1.165) is 11.3 Å². The van der Waals surface area contributed by atoms with Gasteiger partial charge in [-0.25, -0.2) is 4.98 Å². The van der Waals surface area contributed by atoms with Gasteiger partial charge >= 0.3 is 0 Å². The number of ketones is 1. The maximum absolute atomic E-state index is 10.8. The number of aromatic nitrogens is 1. The number of carbonyl (C=O) groups excluding carboxylic acids is 1. The molecule has 0 amide bonds. The van der Waals surface area contributed by atoms with Gasteiger partial charge in [-0.15, -0.1) is 0 Å². The molecule has 0 bridgehead atoms. The van der Waals surface area contributed by atoms with Crippen molar-refractivity contribution in [2.45, 2.75) is 26.4 Å². The molecule has 1 atom stereocenters. The van der Waals surface area contributed by atoms with E-state index in [1.807, 2.05) is 5.38 Å². The summed E-state index contributed by atoms with van der Waals surface area (Å²) in [7, 11) is 1.56. The molecule has 88 valence electrons. The fourth-order valence-corrected chi connectivity index (χ4v) is 1.79. The fraction of sp³-hybridized carbons (Fsp3) is 0.455. The SMILES string of the molecule is COc1nc(/C=C(\C)[C@@H](O)CC(C)=O)cs1. The summed E-state index contributed by atoms with van der Waals surface area (Å²) in [6.07, 6.45) is 1.17. The summed E-state index contributed by atoms with van der Waals surface area (Å²) in [6.45, 7) is 3.24. The highest BCUT2D eigenvalue weighted by molar-refractivity contribution is 7.11. The number of ether oxygens (including phenoxy) is 1. The van der Waals surface area contributed by atoms with E-state index in [1.54, 1.807) is 20.1 Å². The van der Waals surface area contributed by atoms with Crippen LogP contribution in [0.3, 0.4) is 0 Å². The van der Waals surface area contributed by atoms with E-state index < -0.39 is 6.10 Å². The van der Waals surface area contributed by atoms with Crippen molar-refractivity contribution in [2.75, 3.05) is 7.11 Å². The first-order chi connectivity index (χ1) is 7.52. The molecule has 5 heteroatoms. The molecule has 4 nitrogen and oxygen atoms in total. The quantitative estimate of drug-likeness (QED) is 0.855. The van der Waals surface area contributed by atoms with Gasteiger partial charge in [-0.05, 0) is 25.5 Å². The Morgan fingerprint density at radius 2 is 2.38 bits per heavy atom. The van der Waals surface area contributed by atoms with Crippen LogP contribution in [-0.2, 0) is 4.79 Å². The van der Waals surface area contributed by atoms with Crippen LogP contribution in [0.15, 0.2) is 11.0 Å². The summed E-state index contributed by atoms with van der Waals surface area (Å²) in [5, 5.41) is 12.1. The Hall–Kier alpha value is -1.20. The van der Waals surface area contributed by atoms with Crippen LogP contribution in [0.25, 0.3) is 6.08 Å². The number of Topliss-reactive ketones (excluding diaryl/α,β-unsaturated/α-hetero) is 1. The normalized spacial score (nSPS) is 13.6. The van der Waals surface area contributed by atoms with Crippen LogP contribution >= 0.6 is 11.3 Å². The van der Waals surface area contributed by atoms with Crippen LogP contribution in [0.4, 0.5) is 0 Å². The summed E-state index contributed by atoms with van der Waals surface area (Å²) in [5.41, 5.74) is 1.46. The lowest BCUT2D eigenvalue weighted by Gasteiger charge is -2.08. The first-order valence-corrected chi connectivity index (χ1v) is 5.76. The van der Waals surface area contributed by atoms with E-state index in [0.29, 0.717) is 5.19 Å². The summed E-state index contributed by atoms with van der Waals surface area (Å²) in [6, 6.07) is 0. The van der Waals surface area contributed by atoms with E-state index in [1.165, 1.54) is 18.3 Å². The molecule has 1 rings (SSSR count). The molecule has 0 unspecified atom stereocenters. The lowest BCUT2D eigenvalue weighted by atomic mass is 10.1. The molecular weight excluding hydrogens is 226 g/mol. The van der Waals surface area contributed by atoms with Gasteiger partial charge in [-0.1, -0.05) is 11.3 Å². The van der Waals surface area contributed by atoms with Gasteiger partial charge in [-0.3, -0.25) is 4.79 Å². The Kier molecular flexibility index (Phi) is 4.64. The Labute approximate surface area is 98.6 Å². The van der Waals surface area contributed by atoms with Crippen molar-refractivity contribution in [1.29, 1.82) is 0 Å². The van der Waals surface area contributed by atoms with Crippen molar-refractivity contribution >= 4 is 23.2 Å². The molecule has 16 heavy (non-hydrogen) atoms. The third-order valence-corrected chi connectivity index (χ3v) is 2.88. The Morgan fingerprint density at radius 3 is 2.88 bits per heavy atom. The van der Waals surface area contributed by atoms with Crippen LogP contribution in [0, 0.1) is 0 Å². The predicted molar refractivity (Wildman–Crippen MR) is 63.6 cm³/mol. The smallest absolute Gasteiger partial charge is 0.273 e. The number of methoxy groups -OCH3 is 1. The van der Waals surface area contributed by atoms with Gasteiger partial charge in [0.25, 0.3) is 5.19 Å². The van der Waals surface area contributed by atoms with Gasteiger partial charge < -0.3 is 9.84 Å². The third kappa shape index (κ3) is 3.75. The molecule has 1 heterocycles. The molecule has 0 fully saturated rings. The van der Waals surface area contributed by atoms with E-state index in [2.05, 4.69) is 4.98 Å². The molecule has 0 aliphatic carbocycles. The highest BCUT2D eigenvalue weighted by atomic mass is 32.1. The number of hydrogen-bond donors (Lipinski definition) is 1. The molecule has 1 aromatic rings. The average molecular weight is 241 g/mol. The molecule has 0 aliphatic heterocycles. The number of carbonyl (C=O) groups is 1. The summed E-state index contributed by atoms with van der Waals surface area (Å²) in [4.78, 5) is 15.0. The van der Waals surface area contributed by atoms with E-state index in [9.17, 15) is 9.90 Å². The molecule has 0 aliphatic rings. The van der Waals surface area contributed by atoms with Crippen LogP contribution in [0.1, 0.15) is 26.0 Å². The lowest BCUT2D eigenvalue weighted by Crippen LogP contribution is -2.12. The van der Waals surface area contributed by atoms with Crippen molar-refractivity contribution in [3.63, 3.8) is 0 Å². The first-order valence-electron chi connectivity index (χ1n) is 4.88. The zero-order chi connectivity index (χ0) is 12.1. The lowest BCUT2D eigenvalue weighted by molar-refractivity contribution is -0.118. The van der Waals surface area contributed by atoms with Crippen molar-refractivity contribution in [3.05, 3.63) is 16.6 Å². The number of aliphatic hydroxyl groups excluding tert-OH is 1. The van der Waals surface area contributed by atoms with Crippen molar-refractivity contribution in [1.82, 2.24) is 4.98 Å². The summed E-state index contributed by atoms with van der Waals surface area (Å²) < 4.78 is 4.96. The predicted octanol–water partition coefficient (Wildman–Crippen LogP) is 1.89. The molecular formula is C11H15NO3S. The summed E-state index contributed by atoms with van der Waals surface area (Å²) in [5.74, 6) is -0.0314. The molecule has 0 saturated heterocycles. The highest BCUT2D eigenvalue weighted by Gasteiger charge is 2.10. The third-order valence-electron chi connectivity index (χ3n) is 2.06. The molecule has 0 aromatic carbocycles. The Morgan fingerprint density at radius 1 is 1.69 bits per heavy atom. The van der Waals surface area contributed by atoms with Crippen LogP contribution in [-0.4, -0.2) is 29.1 Å². The number of nitrogens with zero attached hydrogens (tertiary/aromatic N) is 1. The van der Waals surface area contributed by atoms with Gasteiger partial charge in [0.15, 0.2) is 0 Å². The van der Waals surface area contributed by atoms with Gasteiger partial charge in [0, 0.05) is 11.8 Å². The number of thiazole rings is 1. The van der Waals surface area contributed by atoms with Gasteiger partial charge in [-0.2, -0.15) is 0 Å². The molecule has 1 aromatic heterocycles. The second kappa shape index (κ2) is 5.77. The Bertz CT molecular complexity index is 398. The minimum atomic E-state index is -0.731. The van der Waals surface area contributed by atoms with Crippen molar-refractivity contribution < 1.29 is 14.6 Å². The highest BCUT2D eigenvalue weighted by Crippen LogP contribution is 2.20. The molecule has 0 spiro atoms. The van der Waals surface area contributed by atoms with Crippen LogP contribution in [0.2, 0.25) is 0 Å². The Balaban J connectivity index is 2.71. The van der Waals surface area contributed by atoms with Gasteiger partial charge in [0.2, 0.25) is 0 Å². The second-order valence-corrected chi connectivity index (χ2v) is 4.37. The standard InChI is InChI=1S/C11H15NO3S/c1-7(10(14)5-8(2)13)4-9-6-16-11(12-9)15-3/h4,6,10,14H,5H2,1-3H3/b7-4+/t10-/m0/s1. The van der Waals surface area contributed by atoms with Crippen molar-refractivity contribution in [3.8, 4) is 5.19 Å². The summed E-state index contributed by atoms with van der Waals surface area (Å²) >= 11 is 1.39. The van der Waals surface area contributed by atoms with Crippen molar-refractivity contribution in [2.24, 2.45) is 0 Å². The second-order valence-electron chi connectivity index (χ2n) is 3.55. The largest absolute Gasteiger partial charge is 0.473 e. The minimum Gasteiger partial charge on any atom is -0.473 e. The first kappa shape index (κ1) is 12.9. The molecule has 1 N–H and O–H groups in total. The van der Waals surface area contributed by atoms with E-state index in [-0.39, 0.29) is 12.2 Å². The van der Waals surface area contributed by atoms with Crippen LogP contribution in [0.5, 0.6) is 5.19 Å². The number of aliphatic hydroxyl groups is 1. The maximum atomic E-state index is 10.8. The number of rotatable bonds is 5. The zero-order valence-electron chi connectivity index (χ0n) is 9.56. The van der Waals surface area contributed by atoms with E-state index in [4.69, 9.17) is 4.74 Å². The maximum Gasteiger partial charge on any atom is 0.273 e. The molecule has 0 saturated carbocycles. The van der Waals surface area contributed by atoms with Gasteiger partial charge in [0.05, 0.1) is 18.9 Å². The minimum absolute atomic E-state index is 0.0314. The monoisotopic (exact) mass is 241 g/mol. The molecule has 0 radical (unpaired) electrons. The number of hydrogen-bond acceptors (Lipinski definition) is 5.